The van der Waals surface area contributed by atoms with Gasteiger partial charge in [-0.2, -0.15) is 0 Å². The second-order valence-corrected chi connectivity index (χ2v) is 4.70. The van der Waals surface area contributed by atoms with E-state index in [1.807, 2.05) is 13.8 Å². The number of aryl methyl sites for hydroxylation is 2. The Labute approximate surface area is 74.0 Å². The molecule has 0 aromatic carbocycles. The van der Waals surface area contributed by atoms with Gasteiger partial charge in [-0.25, -0.2) is 4.98 Å². The summed E-state index contributed by atoms with van der Waals surface area (Å²) in [6.07, 6.45) is 0. The van der Waals surface area contributed by atoms with E-state index in [2.05, 4.69) is 4.98 Å². The fourth-order valence-corrected chi connectivity index (χ4v) is 2.58. The third-order valence-electron chi connectivity index (χ3n) is 1.31. The predicted molar refractivity (Wildman–Crippen MR) is 48.3 cm³/mol. The van der Waals surface area contributed by atoms with Crippen molar-refractivity contribution in [3.05, 3.63) is 10.6 Å². The minimum atomic E-state index is -0.275. The van der Waals surface area contributed by atoms with E-state index < -0.39 is 0 Å². The van der Waals surface area contributed by atoms with Gasteiger partial charge in [0.15, 0.2) is 0 Å². The van der Waals surface area contributed by atoms with Crippen LogP contribution in [0.15, 0.2) is 4.34 Å². The molecule has 0 aliphatic heterocycles. The molecule has 1 heterocycles. The molecule has 0 atom stereocenters. The normalized spacial score (nSPS) is 10.5. The van der Waals surface area contributed by atoms with Crippen LogP contribution in [0.1, 0.15) is 10.6 Å². The van der Waals surface area contributed by atoms with Crippen LogP contribution in [0.5, 0.6) is 0 Å². The first-order valence-corrected chi connectivity index (χ1v) is 5.17. The van der Waals surface area contributed by atoms with Gasteiger partial charge in [0.2, 0.25) is 0 Å². The minimum absolute atomic E-state index is 0.275. The maximum Gasteiger partial charge on any atom is 0.150 e. The van der Waals surface area contributed by atoms with Crippen LogP contribution in [0.4, 0.5) is 4.39 Å². The fourth-order valence-electron chi connectivity index (χ4n) is 0.631. The zero-order valence-electron chi connectivity index (χ0n) is 6.56. The highest BCUT2D eigenvalue weighted by Gasteiger charge is 2.02. The van der Waals surface area contributed by atoms with Crippen molar-refractivity contribution in [2.24, 2.45) is 0 Å². The summed E-state index contributed by atoms with van der Waals surface area (Å²) in [4.78, 5) is 5.49. The van der Waals surface area contributed by atoms with Crippen molar-refractivity contribution in [1.29, 1.82) is 0 Å². The third-order valence-corrected chi connectivity index (χ3v) is 3.48. The second-order valence-electron chi connectivity index (χ2n) is 2.16. The molecule has 0 aliphatic carbocycles. The molecule has 1 aromatic heterocycles. The Hall–Kier alpha value is -0.0900. The molecule has 0 unspecified atom stereocenters. The molecular formula is C7H10FNS2. The summed E-state index contributed by atoms with van der Waals surface area (Å²) in [5, 5.41) is 0. The zero-order chi connectivity index (χ0) is 8.27. The van der Waals surface area contributed by atoms with Crippen LogP contribution in [-0.2, 0) is 0 Å². The van der Waals surface area contributed by atoms with E-state index >= 15 is 0 Å². The molecule has 0 bridgehead atoms. The van der Waals surface area contributed by atoms with Crippen molar-refractivity contribution < 1.29 is 4.39 Å². The van der Waals surface area contributed by atoms with Gasteiger partial charge >= 0.3 is 0 Å². The van der Waals surface area contributed by atoms with Crippen molar-refractivity contribution >= 4 is 23.1 Å². The summed E-state index contributed by atoms with van der Waals surface area (Å²) in [6, 6.07) is 0. The molecular weight excluding hydrogens is 181 g/mol. The summed E-state index contributed by atoms with van der Waals surface area (Å²) < 4.78 is 12.7. The number of thioether (sulfide) groups is 1. The highest BCUT2D eigenvalue weighted by atomic mass is 32.2. The van der Waals surface area contributed by atoms with E-state index in [1.54, 1.807) is 11.3 Å². The highest BCUT2D eigenvalue weighted by Crippen LogP contribution is 2.25. The Morgan fingerprint density at radius 1 is 1.55 bits per heavy atom. The van der Waals surface area contributed by atoms with Gasteiger partial charge in [0.1, 0.15) is 4.34 Å². The molecule has 0 N–H and O–H groups in total. The Kier molecular flexibility index (Phi) is 3.33. The van der Waals surface area contributed by atoms with Crippen molar-refractivity contribution in [3.8, 4) is 0 Å². The van der Waals surface area contributed by atoms with Crippen LogP contribution >= 0.6 is 23.1 Å². The number of nitrogens with zero attached hydrogens (tertiary/aromatic N) is 1. The first-order chi connectivity index (χ1) is 5.24. The van der Waals surface area contributed by atoms with Gasteiger partial charge in [0, 0.05) is 10.6 Å². The van der Waals surface area contributed by atoms with E-state index in [1.165, 1.54) is 16.6 Å². The van der Waals surface area contributed by atoms with Crippen molar-refractivity contribution in [2.45, 2.75) is 18.2 Å². The van der Waals surface area contributed by atoms with E-state index in [9.17, 15) is 4.39 Å². The maximum atomic E-state index is 11.7. The lowest BCUT2D eigenvalue weighted by molar-refractivity contribution is 0.533. The van der Waals surface area contributed by atoms with Crippen molar-refractivity contribution in [2.75, 3.05) is 12.4 Å². The van der Waals surface area contributed by atoms with Crippen LogP contribution < -0.4 is 0 Å². The van der Waals surface area contributed by atoms with E-state index in [0.717, 1.165) is 10.0 Å². The number of rotatable bonds is 3. The summed E-state index contributed by atoms with van der Waals surface area (Å²) >= 11 is 3.13. The maximum absolute atomic E-state index is 11.7. The number of hydrogen-bond acceptors (Lipinski definition) is 3. The molecule has 0 radical (unpaired) electrons. The molecule has 0 spiro atoms. The molecule has 0 fully saturated rings. The second kappa shape index (κ2) is 4.07. The summed E-state index contributed by atoms with van der Waals surface area (Å²) in [5.41, 5.74) is 1.07. The molecule has 1 aromatic rings. The summed E-state index contributed by atoms with van der Waals surface area (Å²) in [7, 11) is 0. The molecule has 1 rings (SSSR count). The largest absolute Gasteiger partial charge is 0.250 e. The fraction of sp³-hybridized carbons (Fsp3) is 0.571. The van der Waals surface area contributed by atoms with Gasteiger partial charge in [0.05, 0.1) is 12.4 Å². The lowest BCUT2D eigenvalue weighted by atomic mass is 10.4. The number of alkyl halides is 1. The van der Waals surface area contributed by atoms with Crippen molar-refractivity contribution in [1.82, 2.24) is 4.98 Å². The summed E-state index contributed by atoms with van der Waals surface area (Å²) in [5.74, 6) is 0.520. The molecule has 11 heavy (non-hydrogen) atoms. The van der Waals surface area contributed by atoms with Gasteiger partial charge in [-0.15, -0.1) is 11.3 Å². The van der Waals surface area contributed by atoms with Gasteiger partial charge in [0.25, 0.3) is 0 Å². The average molecular weight is 191 g/mol. The first-order valence-electron chi connectivity index (χ1n) is 3.37. The smallest absolute Gasteiger partial charge is 0.150 e. The van der Waals surface area contributed by atoms with Gasteiger partial charge in [-0.3, -0.25) is 4.39 Å². The third kappa shape index (κ3) is 2.45. The summed E-state index contributed by atoms with van der Waals surface area (Å²) in [6.45, 7) is 3.74. The zero-order valence-corrected chi connectivity index (χ0v) is 8.19. The molecule has 62 valence electrons. The van der Waals surface area contributed by atoms with E-state index in [0.29, 0.717) is 5.75 Å². The van der Waals surface area contributed by atoms with Crippen LogP contribution in [0.25, 0.3) is 0 Å². The molecule has 0 saturated heterocycles. The standard InChI is InChI=1S/C7H10FNS2/c1-5-6(2)11-7(9-5)10-4-3-8/h3-4H2,1-2H3. The lowest BCUT2D eigenvalue weighted by Gasteiger charge is -1.88. The molecule has 4 heteroatoms. The highest BCUT2D eigenvalue weighted by molar-refractivity contribution is 8.01. The minimum Gasteiger partial charge on any atom is -0.250 e. The van der Waals surface area contributed by atoms with E-state index in [-0.39, 0.29) is 6.67 Å². The number of hydrogen-bond donors (Lipinski definition) is 0. The first kappa shape index (κ1) is 9.00. The molecule has 0 saturated carbocycles. The van der Waals surface area contributed by atoms with E-state index in [4.69, 9.17) is 0 Å². The molecule has 1 nitrogen and oxygen atoms in total. The van der Waals surface area contributed by atoms with Crippen LogP contribution in [0.3, 0.4) is 0 Å². The molecule has 0 aliphatic rings. The Balaban J connectivity index is 2.58. The van der Waals surface area contributed by atoms with Crippen LogP contribution in [-0.4, -0.2) is 17.4 Å². The quantitative estimate of drug-likeness (QED) is 0.681. The lowest BCUT2D eigenvalue weighted by Crippen LogP contribution is -1.79. The number of aromatic nitrogens is 1. The predicted octanol–water partition coefficient (Wildman–Crippen LogP) is 2.82. The number of halogens is 1. The monoisotopic (exact) mass is 191 g/mol. The van der Waals surface area contributed by atoms with Crippen LogP contribution in [0, 0.1) is 13.8 Å². The Bertz CT molecular complexity index is 215. The van der Waals surface area contributed by atoms with Gasteiger partial charge < -0.3 is 0 Å². The van der Waals surface area contributed by atoms with Crippen molar-refractivity contribution in [3.63, 3.8) is 0 Å². The van der Waals surface area contributed by atoms with Crippen LogP contribution in [0.2, 0.25) is 0 Å². The Morgan fingerprint density at radius 3 is 2.73 bits per heavy atom. The Morgan fingerprint density at radius 2 is 2.27 bits per heavy atom. The van der Waals surface area contributed by atoms with Gasteiger partial charge in [-0.05, 0) is 13.8 Å². The average Bonchev–Trinajstić information content (AvgIpc) is 2.28. The topological polar surface area (TPSA) is 12.9 Å². The number of thiazole rings is 1. The SMILES string of the molecule is Cc1nc(SCCF)sc1C. The van der Waals surface area contributed by atoms with Gasteiger partial charge in [-0.1, -0.05) is 11.8 Å². The molecule has 0 amide bonds.